The van der Waals surface area contributed by atoms with Crippen molar-refractivity contribution in [3.8, 4) is 0 Å². The van der Waals surface area contributed by atoms with E-state index in [4.69, 9.17) is 11.6 Å². The van der Waals surface area contributed by atoms with E-state index in [1.807, 2.05) is 0 Å². The molecule has 0 aromatic carbocycles. The molecule has 0 saturated heterocycles. The van der Waals surface area contributed by atoms with Gasteiger partial charge in [-0.2, -0.15) is 0 Å². The van der Waals surface area contributed by atoms with E-state index in [-0.39, 0.29) is 5.91 Å². The molecule has 1 aromatic heterocycles. The van der Waals surface area contributed by atoms with Crippen molar-refractivity contribution in [3.63, 3.8) is 0 Å². The Morgan fingerprint density at radius 3 is 2.92 bits per heavy atom. The van der Waals surface area contributed by atoms with Gasteiger partial charge in [-0.25, -0.2) is 4.98 Å². The van der Waals surface area contributed by atoms with Crippen LogP contribution in [0.4, 0.5) is 5.82 Å². The zero-order valence-corrected chi connectivity index (χ0v) is 7.93. The fraction of sp³-hybridized carbons (Fsp3) is 0.111. The summed E-state index contributed by atoms with van der Waals surface area (Å²) < 4.78 is 0. The molecule has 0 spiro atoms. The van der Waals surface area contributed by atoms with Gasteiger partial charge in [0.25, 0.3) is 5.91 Å². The summed E-state index contributed by atoms with van der Waals surface area (Å²) in [6.07, 6.45) is 1.52. The lowest BCUT2D eigenvalue weighted by Crippen LogP contribution is -2.12. The van der Waals surface area contributed by atoms with Crippen molar-refractivity contribution in [2.45, 2.75) is 6.92 Å². The largest absolute Gasteiger partial charge is 0.307 e. The van der Waals surface area contributed by atoms with Crippen LogP contribution in [0.25, 0.3) is 0 Å². The summed E-state index contributed by atoms with van der Waals surface area (Å²) in [7, 11) is 0. The number of nitrogens with zero attached hydrogens (tertiary/aromatic N) is 1. The quantitative estimate of drug-likeness (QED) is 0.738. The summed E-state index contributed by atoms with van der Waals surface area (Å²) in [4.78, 5) is 15.0. The van der Waals surface area contributed by atoms with Crippen molar-refractivity contribution in [3.05, 3.63) is 35.5 Å². The van der Waals surface area contributed by atoms with E-state index >= 15 is 0 Å². The van der Waals surface area contributed by atoms with Crippen molar-refractivity contribution >= 4 is 23.3 Å². The third-order valence-corrected chi connectivity index (χ3v) is 1.59. The molecule has 1 rings (SSSR count). The highest BCUT2D eigenvalue weighted by Crippen LogP contribution is 2.11. The van der Waals surface area contributed by atoms with Gasteiger partial charge in [0.2, 0.25) is 0 Å². The van der Waals surface area contributed by atoms with Crippen LogP contribution in [-0.2, 0) is 4.79 Å². The van der Waals surface area contributed by atoms with Crippen molar-refractivity contribution in [1.82, 2.24) is 4.98 Å². The summed E-state index contributed by atoms with van der Waals surface area (Å²) in [5.41, 5.74) is 0.432. The predicted octanol–water partition coefficient (Wildman–Crippen LogP) is 2.25. The molecule has 0 radical (unpaired) electrons. The fourth-order valence-corrected chi connectivity index (χ4v) is 0.856. The van der Waals surface area contributed by atoms with E-state index in [1.165, 1.54) is 6.20 Å². The van der Waals surface area contributed by atoms with Crippen molar-refractivity contribution in [2.24, 2.45) is 0 Å². The maximum absolute atomic E-state index is 11.1. The molecule has 0 unspecified atom stereocenters. The number of carbonyl (C=O) groups is 1. The molecule has 0 saturated carbocycles. The molecular weight excluding hydrogens is 188 g/mol. The minimum Gasteiger partial charge on any atom is -0.307 e. The van der Waals surface area contributed by atoms with E-state index < -0.39 is 0 Å². The molecule has 4 heteroatoms. The second-order valence-corrected chi connectivity index (χ2v) is 3.03. The van der Waals surface area contributed by atoms with Gasteiger partial charge in [0, 0.05) is 16.8 Å². The van der Waals surface area contributed by atoms with Crippen LogP contribution in [0.2, 0.25) is 5.02 Å². The molecule has 1 aromatic rings. The van der Waals surface area contributed by atoms with E-state index in [0.29, 0.717) is 16.4 Å². The second-order valence-electron chi connectivity index (χ2n) is 2.59. The van der Waals surface area contributed by atoms with Gasteiger partial charge in [-0.05, 0) is 19.1 Å². The molecule has 3 nitrogen and oxygen atoms in total. The van der Waals surface area contributed by atoms with Crippen LogP contribution in [0.1, 0.15) is 6.92 Å². The van der Waals surface area contributed by atoms with Crippen LogP contribution in [0.3, 0.4) is 0 Å². The smallest absolute Gasteiger partial charge is 0.251 e. The van der Waals surface area contributed by atoms with Crippen molar-refractivity contribution < 1.29 is 4.79 Å². The molecule has 1 N–H and O–H groups in total. The monoisotopic (exact) mass is 196 g/mol. The van der Waals surface area contributed by atoms with E-state index in [0.717, 1.165) is 0 Å². The lowest BCUT2D eigenvalue weighted by Gasteiger charge is -2.02. The van der Waals surface area contributed by atoms with E-state index in [1.54, 1.807) is 19.1 Å². The average Bonchev–Trinajstić information content (AvgIpc) is 2.04. The fourth-order valence-electron chi connectivity index (χ4n) is 0.696. The highest BCUT2D eigenvalue weighted by molar-refractivity contribution is 6.30. The van der Waals surface area contributed by atoms with Crippen molar-refractivity contribution in [2.75, 3.05) is 5.32 Å². The number of halogens is 1. The molecule has 0 aliphatic rings. The maximum atomic E-state index is 11.1. The summed E-state index contributed by atoms with van der Waals surface area (Å²) in [6.45, 7) is 5.13. The molecule has 1 amide bonds. The lowest BCUT2D eigenvalue weighted by molar-refractivity contribution is -0.112. The topological polar surface area (TPSA) is 42.0 Å². The zero-order valence-electron chi connectivity index (χ0n) is 7.17. The molecule has 0 bridgehead atoms. The zero-order chi connectivity index (χ0) is 9.84. The summed E-state index contributed by atoms with van der Waals surface area (Å²) >= 11 is 5.69. The van der Waals surface area contributed by atoms with Crippen molar-refractivity contribution in [1.29, 1.82) is 0 Å². The minimum atomic E-state index is -0.255. The first kappa shape index (κ1) is 9.74. The Hall–Kier alpha value is -1.35. The van der Waals surface area contributed by atoms with Gasteiger partial charge in [-0.3, -0.25) is 4.79 Å². The number of aromatic nitrogens is 1. The average molecular weight is 197 g/mol. The molecule has 0 aliphatic heterocycles. The summed E-state index contributed by atoms with van der Waals surface area (Å²) in [5.74, 6) is 0.176. The van der Waals surface area contributed by atoms with Crippen LogP contribution in [0.15, 0.2) is 30.5 Å². The Morgan fingerprint density at radius 1 is 1.69 bits per heavy atom. The predicted molar refractivity (Wildman–Crippen MR) is 52.7 cm³/mol. The first-order valence-electron chi connectivity index (χ1n) is 3.68. The highest BCUT2D eigenvalue weighted by Gasteiger charge is 2.02. The number of rotatable bonds is 2. The maximum Gasteiger partial charge on any atom is 0.251 e. The normalized spacial score (nSPS) is 9.38. The van der Waals surface area contributed by atoms with Gasteiger partial charge in [0.05, 0.1) is 0 Å². The van der Waals surface area contributed by atoms with Crippen LogP contribution in [0, 0.1) is 0 Å². The van der Waals surface area contributed by atoms with Crippen LogP contribution in [0.5, 0.6) is 0 Å². The molecule has 68 valence electrons. The third-order valence-electron chi connectivity index (χ3n) is 1.35. The molecule has 1 heterocycles. The number of nitrogens with one attached hydrogen (secondary N) is 1. The number of anilines is 1. The van der Waals surface area contributed by atoms with Crippen LogP contribution >= 0.6 is 11.6 Å². The van der Waals surface area contributed by atoms with E-state index in [2.05, 4.69) is 16.9 Å². The number of hydrogen-bond donors (Lipinski definition) is 1. The Labute approximate surface area is 81.4 Å². The van der Waals surface area contributed by atoms with Crippen LogP contribution in [-0.4, -0.2) is 10.9 Å². The molecule has 0 aliphatic carbocycles. The summed E-state index contributed by atoms with van der Waals surface area (Å²) in [6, 6.07) is 3.21. The minimum absolute atomic E-state index is 0.255. The number of amides is 1. The number of carbonyl (C=O) groups excluding carboxylic acids is 1. The molecule has 0 fully saturated rings. The van der Waals surface area contributed by atoms with Gasteiger partial charge in [-0.1, -0.05) is 18.2 Å². The Balaban J connectivity index is 2.75. The Kier molecular flexibility index (Phi) is 3.03. The SMILES string of the molecule is C=C(C)C(=O)Nc1cc(Cl)ccn1. The number of pyridine rings is 1. The standard InChI is InChI=1S/C9H9ClN2O/c1-6(2)9(13)12-8-5-7(10)3-4-11-8/h3-5H,1H2,2H3,(H,11,12,13). The highest BCUT2D eigenvalue weighted by atomic mass is 35.5. The van der Waals surface area contributed by atoms with Gasteiger partial charge in [0.1, 0.15) is 5.82 Å². The number of hydrogen-bond acceptors (Lipinski definition) is 2. The Bertz CT molecular complexity index is 349. The lowest BCUT2D eigenvalue weighted by atomic mass is 10.3. The first-order chi connectivity index (χ1) is 6.09. The Morgan fingerprint density at radius 2 is 2.38 bits per heavy atom. The van der Waals surface area contributed by atoms with Gasteiger partial charge in [-0.15, -0.1) is 0 Å². The van der Waals surface area contributed by atoms with Crippen LogP contribution < -0.4 is 5.32 Å². The third kappa shape index (κ3) is 2.87. The summed E-state index contributed by atoms with van der Waals surface area (Å²) in [5, 5.41) is 3.08. The molecular formula is C9H9ClN2O. The second kappa shape index (κ2) is 4.05. The van der Waals surface area contributed by atoms with Gasteiger partial charge >= 0.3 is 0 Å². The van der Waals surface area contributed by atoms with Gasteiger partial charge < -0.3 is 5.32 Å². The first-order valence-corrected chi connectivity index (χ1v) is 4.06. The van der Waals surface area contributed by atoms with Gasteiger partial charge in [0.15, 0.2) is 0 Å². The van der Waals surface area contributed by atoms with E-state index in [9.17, 15) is 4.79 Å². The molecule has 0 atom stereocenters. The molecule has 13 heavy (non-hydrogen) atoms.